The molecule has 4 nitrogen and oxygen atoms in total. The number of carbonyl (C=O) groups is 2. The first-order valence-electron chi connectivity index (χ1n) is 6.34. The summed E-state index contributed by atoms with van der Waals surface area (Å²) in [5.74, 6) is 0.137. The van der Waals surface area contributed by atoms with Crippen molar-refractivity contribution >= 4 is 29.6 Å². The van der Waals surface area contributed by atoms with Gasteiger partial charge in [-0.25, -0.2) is 0 Å². The fourth-order valence-electron chi connectivity index (χ4n) is 1.79. The van der Waals surface area contributed by atoms with Crippen LogP contribution >= 0.6 is 11.8 Å². The van der Waals surface area contributed by atoms with E-state index >= 15 is 0 Å². The highest BCUT2D eigenvalue weighted by atomic mass is 32.2. The second kappa shape index (κ2) is 7.50. The largest absolute Gasteiger partial charge is 0.483 e. The van der Waals surface area contributed by atoms with Crippen LogP contribution in [0.15, 0.2) is 53.4 Å². The number of para-hydroxylation sites is 2. The topological polar surface area (TPSA) is 55.4 Å². The number of benzene rings is 2. The van der Waals surface area contributed by atoms with Crippen molar-refractivity contribution in [3.8, 4) is 5.75 Å². The predicted octanol–water partition coefficient (Wildman–Crippen LogP) is 3.24. The summed E-state index contributed by atoms with van der Waals surface area (Å²) in [6, 6.07) is 14.3. The molecule has 21 heavy (non-hydrogen) atoms. The zero-order chi connectivity index (χ0) is 15.1. The Kier molecular flexibility index (Phi) is 5.40. The number of anilines is 1. The number of hydrogen-bond acceptors (Lipinski definition) is 4. The number of amides is 1. The molecule has 0 aliphatic carbocycles. The lowest BCUT2D eigenvalue weighted by molar-refractivity contribution is -0.118. The summed E-state index contributed by atoms with van der Waals surface area (Å²) in [5.41, 5.74) is 1.18. The SMILES string of the molecule is CSc1ccccc1NC(=O)COc1ccccc1C=O. The van der Waals surface area contributed by atoms with Crippen molar-refractivity contribution < 1.29 is 14.3 Å². The van der Waals surface area contributed by atoms with Crippen LogP contribution < -0.4 is 10.1 Å². The maximum atomic E-state index is 11.9. The molecule has 1 N–H and O–H groups in total. The molecular weight excluding hydrogens is 286 g/mol. The molecule has 0 aromatic heterocycles. The first-order chi connectivity index (χ1) is 10.2. The molecule has 2 aromatic rings. The fraction of sp³-hybridized carbons (Fsp3) is 0.125. The molecule has 0 aliphatic heterocycles. The summed E-state index contributed by atoms with van der Waals surface area (Å²) in [5, 5.41) is 2.80. The molecular formula is C16H15NO3S. The number of hydrogen-bond donors (Lipinski definition) is 1. The van der Waals surface area contributed by atoms with Crippen molar-refractivity contribution in [2.24, 2.45) is 0 Å². The van der Waals surface area contributed by atoms with Gasteiger partial charge in [0.2, 0.25) is 0 Å². The lowest BCUT2D eigenvalue weighted by Crippen LogP contribution is -2.20. The third-order valence-electron chi connectivity index (χ3n) is 2.79. The van der Waals surface area contributed by atoms with Crippen molar-refractivity contribution in [3.05, 3.63) is 54.1 Å². The molecule has 0 saturated carbocycles. The van der Waals surface area contributed by atoms with Gasteiger partial charge in [0.05, 0.1) is 11.3 Å². The summed E-state index contributed by atoms with van der Waals surface area (Å²) >= 11 is 1.56. The van der Waals surface area contributed by atoms with Crippen molar-refractivity contribution in [1.82, 2.24) is 0 Å². The first-order valence-corrected chi connectivity index (χ1v) is 7.57. The maximum Gasteiger partial charge on any atom is 0.262 e. The van der Waals surface area contributed by atoms with E-state index in [1.165, 1.54) is 0 Å². The molecule has 1 amide bonds. The standard InChI is InChI=1S/C16H15NO3S/c1-21-15-9-5-3-7-13(15)17-16(19)11-20-14-8-4-2-6-12(14)10-18/h2-10H,11H2,1H3,(H,17,19). The Morgan fingerprint density at radius 1 is 1.19 bits per heavy atom. The molecule has 0 unspecified atom stereocenters. The number of carbonyl (C=O) groups excluding carboxylic acids is 2. The van der Waals surface area contributed by atoms with E-state index in [0.717, 1.165) is 10.6 Å². The average molecular weight is 301 g/mol. The van der Waals surface area contributed by atoms with Gasteiger partial charge in [0, 0.05) is 4.90 Å². The minimum absolute atomic E-state index is 0.145. The van der Waals surface area contributed by atoms with Crippen LogP contribution in [-0.4, -0.2) is 25.1 Å². The van der Waals surface area contributed by atoms with Crippen LogP contribution in [0.1, 0.15) is 10.4 Å². The summed E-state index contributed by atoms with van der Waals surface area (Å²) < 4.78 is 5.39. The van der Waals surface area contributed by atoms with Crippen molar-refractivity contribution in [3.63, 3.8) is 0 Å². The van der Waals surface area contributed by atoms with E-state index in [-0.39, 0.29) is 12.5 Å². The molecule has 0 fully saturated rings. The third-order valence-corrected chi connectivity index (χ3v) is 3.58. The highest BCUT2D eigenvalue weighted by molar-refractivity contribution is 7.98. The maximum absolute atomic E-state index is 11.9. The van der Waals surface area contributed by atoms with Gasteiger partial charge in [0.15, 0.2) is 12.9 Å². The van der Waals surface area contributed by atoms with Gasteiger partial charge < -0.3 is 10.1 Å². The van der Waals surface area contributed by atoms with Crippen LogP contribution in [-0.2, 0) is 4.79 Å². The van der Waals surface area contributed by atoms with Crippen LogP contribution in [0.4, 0.5) is 5.69 Å². The molecule has 0 bridgehead atoms. The van der Waals surface area contributed by atoms with Gasteiger partial charge in [-0.1, -0.05) is 24.3 Å². The van der Waals surface area contributed by atoms with E-state index in [2.05, 4.69) is 5.32 Å². The first kappa shape index (κ1) is 15.1. The quantitative estimate of drug-likeness (QED) is 0.657. The van der Waals surface area contributed by atoms with E-state index in [0.29, 0.717) is 17.6 Å². The Balaban J connectivity index is 1.98. The van der Waals surface area contributed by atoms with E-state index in [1.54, 1.807) is 36.0 Å². The second-order valence-corrected chi connectivity index (χ2v) is 5.04. The van der Waals surface area contributed by atoms with E-state index < -0.39 is 0 Å². The minimum atomic E-state index is -0.266. The fourth-order valence-corrected chi connectivity index (χ4v) is 2.34. The predicted molar refractivity (Wildman–Crippen MR) is 84.2 cm³/mol. The van der Waals surface area contributed by atoms with Gasteiger partial charge in [0.25, 0.3) is 5.91 Å². The Morgan fingerprint density at radius 3 is 2.67 bits per heavy atom. The number of thioether (sulfide) groups is 1. The van der Waals surface area contributed by atoms with Gasteiger partial charge >= 0.3 is 0 Å². The van der Waals surface area contributed by atoms with Gasteiger partial charge in [0.1, 0.15) is 5.75 Å². The van der Waals surface area contributed by atoms with Crippen LogP contribution in [0, 0.1) is 0 Å². The van der Waals surface area contributed by atoms with Crippen molar-refractivity contribution in [2.45, 2.75) is 4.90 Å². The Bertz CT molecular complexity index is 643. The molecule has 0 aliphatic rings. The van der Waals surface area contributed by atoms with Crippen LogP contribution in [0.25, 0.3) is 0 Å². The van der Waals surface area contributed by atoms with Gasteiger partial charge in [-0.2, -0.15) is 0 Å². The highest BCUT2D eigenvalue weighted by Gasteiger charge is 2.08. The van der Waals surface area contributed by atoms with Crippen LogP contribution in [0.3, 0.4) is 0 Å². The number of ether oxygens (including phenoxy) is 1. The van der Waals surface area contributed by atoms with Gasteiger partial charge in [-0.3, -0.25) is 9.59 Å². The minimum Gasteiger partial charge on any atom is -0.483 e. The molecule has 108 valence electrons. The Morgan fingerprint density at radius 2 is 1.90 bits per heavy atom. The smallest absolute Gasteiger partial charge is 0.262 e. The van der Waals surface area contributed by atoms with E-state index in [4.69, 9.17) is 4.74 Å². The van der Waals surface area contributed by atoms with Crippen molar-refractivity contribution in [2.75, 3.05) is 18.2 Å². The summed E-state index contributed by atoms with van der Waals surface area (Å²) in [7, 11) is 0. The second-order valence-electron chi connectivity index (χ2n) is 4.19. The summed E-state index contributed by atoms with van der Waals surface area (Å²) in [6.07, 6.45) is 2.65. The summed E-state index contributed by atoms with van der Waals surface area (Å²) in [6.45, 7) is -0.145. The molecule has 5 heteroatoms. The zero-order valence-corrected chi connectivity index (χ0v) is 12.4. The van der Waals surface area contributed by atoms with E-state index in [1.807, 2.05) is 30.5 Å². The lowest BCUT2D eigenvalue weighted by Gasteiger charge is -2.11. The highest BCUT2D eigenvalue weighted by Crippen LogP contribution is 2.24. The Labute approximate surface area is 127 Å². The zero-order valence-electron chi connectivity index (χ0n) is 11.5. The number of nitrogens with one attached hydrogen (secondary N) is 1. The molecule has 2 rings (SSSR count). The lowest BCUT2D eigenvalue weighted by atomic mass is 10.2. The molecule has 0 saturated heterocycles. The molecule has 0 spiro atoms. The third kappa shape index (κ3) is 4.10. The van der Waals surface area contributed by atoms with Crippen LogP contribution in [0.5, 0.6) is 5.75 Å². The number of rotatable bonds is 6. The van der Waals surface area contributed by atoms with Crippen molar-refractivity contribution in [1.29, 1.82) is 0 Å². The molecule has 0 heterocycles. The normalized spacial score (nSPS) is 9.95. The van der Waals surface area contributed by atoms with Crippen LogP contribution in [0.2, 0.25) is 0 Å². The van der Waals surface area contributed by atoms with Gasteiger partial charge in [-0.15, -0.1) is 11.8 Å². The monoisotopic (exact) mass is 301 g/mol. The van der Waals surface area contributed by atoms with E-state index in [9.17, 15) is 9.59 Å². The average Bonchev–Trinajstić information content (AvgIpc) is 2.53. The molecule has 2 aromatic carbocycles. The van der Waals surface area contributed by atoms with Gasteiger partial charge in [-0.05, 0) is 30.5 Å². The summed E-state index contributed by atoms with van der Waals surface area (Å²) in [4.78, 5) is 23.8. The molecule has 0 atom stereocenters. The Hall–Kier alpha value is -2.27. The number of aldehydes is 1. The molecule has 0 radical (unpaired) electrons.